The van der Waals surface area contributed by atoms with Crippen LogP contribution in [0.25, 0.3) is 21.0 Å². The molecule has 0 aliphatic carbocycles. The number of nitrogens with one attached hydrogen (secondary N) is 2. The molecule has 0 fully saturated rings. The Kier molecular flexibility index (Phi) is 2.94. The van der Waals surface area contributed by atoms with Gasteiger partial charge in [-0.25, -0.2) is 4.79 Å². The smallest absolute Gasteiger partial charge is 0.298 e. The summed E-state index contributed by atoms with van der Waals surface area (Å²) in [5, 5.41) is 2.96. The fourth-order valence-corrected chi connectivity index (χ4v) is 3.80. The molecule has 2 heterocycles. The van der Waals surface area contributed by atoms with Crippen LogP contribution in [0.15, 0.2) is 58.1 Å². The molecule has 0 spiro atoms. The molecular formula is C17H12N2O2S. The van der Waals surface area contributed by atoms with Crippen molar-refractivity contribution in [1.29, 1.82) is 0 Å². The van der Waals surface area contributed by atoms with Crippen molar-refractivity contribution in [3.63, 3.8) is 0 Å². The monoisotopic (exact) mass is 308 g/mol. The van der Waals surface area contributed by atoms with E-state index in [1.165, 1.54) is 27.7 Å². The van der Waals surface area contributed by atoms with Crippen molar-refractivity contribution in [2.75, 3.05) is 0 Å². The number of aromatic nitrogens is 2. The summed E-state index contributed by atoms with van der Waals surface area (Å²) in [6.07, 6.45) is 0.738. The van der Waals surface area contributed by atoms with Crippen molar-refractivity contribution in [2.24, 2.45) is 0 Å². The minimum absolute atomic E-state index is 0.334. The van der Waals surface area contributed by atoms with Crippen LogP contribution in [-0.2, 0) is 6.42 Å². The second kappa shape index (κ2) is 4.96. The number of fused-ring (bicyclic) bond motifs is 2. The van der Waals surface area contributed by atoms with Gasteiger partial charge in [-0.2, -0.15) is 0 Å². The molecule has 0 bridgehead atoms. The molecule has 4 rings (SSSR count). The van der Waals surface area contributed by atoms with E-state index in [0.29, 0.717) is 10.2 Å². The maximum atomic E-state index is 11.8. The number of thiophene rings is 1. The van der Waals surface area contributed by atoms with Crippen LogP contribution < -0.4 is 11.2 Å². The highest BCUT2D eigenvalue weighted by Crippen LogP contribution is 2.26. The lowest BCUT2D eigenvalue weighted by Crippen LogP contribution is -2.20. The van der Waals surface area contributed by atoms with E-state index in [9.17, 15) is 9.59 Å². The number of hydrogen-bond donors (Lipinski definition) is 2. The van der Waals surface area contributed by atoms with Gasteiger partial charge in [0.2, 0.25) is 0 Å². The van der Waals surface area contributed by atoms with Crippen LogP contribution in [0.2, 0.25) is 0 Å². The van der Waals surface area contributed by atoms with Crippen LogP contribution in [0.5, 0.6) is 0 Å². The molecular weight excluding hydrogens is 296 g/mol. The number of hydrogen-bond acceptors (Lipinski definition) is 3. The van der Waals surface area contributed by atoms with E-state index in [0.717, 1.165) is 11.3 Å². The Morgan fingerprint density at radius 1 is 0.909 bits per heavy atom. The quantitative estimate of drug-likeness (QED) is 0.598. The van der Waals surface area contributed by atoms with Crippen molar-refractivity contribution in [2.45, 2.75) is 6.42 Å². The molecule has 22 heavy (non-hydrogen) atoms. The van der Waals surface area contributed by atoms with E-state index in [1.54, 1.807) is 0 Å². The zero-order valence-electron chi connectivity index (χ0n) is 11.6. The normalized spacial score (nSPS) is 11.3. The maximum absolute atomic E-state index is 11.8. The zero-order valence-corrected chi connectivity index (χ0v) is 12.4. The van der Waals surface area contributed by atoms with E-state index >= 15 is 0 Å². The van der Waals surface area contributed by atoms with Crippen LogP contribution in [0.4, 0.5) is 0 Å². The Balaban J connectivity index is 1.84. The fourth-order valence-electron chi connectivity index (χ4n) is 2.73. The largest absolute Gasteiger partial charge is 0.326 e. The second-order valence-corrected chi connectivity index (χ2v) is 6.32. The SMILES string of the molecule is O=c1[nH]c(=O)c2cc(Cc3cccc4ccccc34)sc2[nH]1. The molecule has 0 saturated carbocycles. The van der Waals surface area contributed by atoms with Gasteiger partial charge in [-0.15, -0.1) is 11.3 Å². The van der Waals surface area contributed by atoms with Crippen LogP contribution in [0.3, 0.4) is 0 Å². The minimum Gasteiger partial charge on any atom is -0.298 e. The van der Waals surface area contributed by atoms with Gasteiger partial charge in [-0.05, 0) is 22.4 Å². The lowest BCUT2D eigenvalue weighted by Gasteiger charge is -2.04. The van der Waals surface area contributed by atoms with Gasteiger partial charge in [0.05, 0.1) is 5.39 Å². The van der Waals surface area contributed by atoms with Crippen molar-refractivity contribution in [3.8, 4) is 0 Å². The minimum atomic E-state index is -0.462. The molecule has 5 heteroatoms. The molecule has 2 aromatic heterocycles. The highest BCUT2D eigenvalue weighted by molar-refractivity contribution is 7.18. The molecule has 2 aromatic carbocycles. The third-order valence-electron chi connectivity index (χ3n) is 3.73. The Morgan fingerprint density at radius 3 is 2.64 bits per heavy atom. The van der Waals surface area contributed by atoms with Gasteiger partial charge < -0.3 is 0 Å². The highest BCUT2D eigenvalue weighted by atomic mass is 32.1. The van der Waals surface area contributed by atoms with E-state index in [2.05, 4.69) is 34.2 Å². The molecule has 0 atom stereocenters. The summed E-state index contributed by atoms with van der Waals surface area (Å²) in [6.45, 7) is 0. The fraction of sp³-hybridized carbons (Fsp3) is 0.0588. The van der Waals surface area contributed by atoms with Gasteiger partial charge in [0.15, 0.2) is 0 Å². The number of benzene rings is 2. The molecule has 4 aromatic rings. The van der Waals surface area contributed by atoms with E-state index < -0.39 is 5.69 Å². The summed E-state index contributed by atoms with van der Waals surface area (Å²) in [6, 6.07) is 16.3. The Morgan fingerprint density at radius 2 is 1.73 bits per heavy atom. The Labute approximate surface area is 129 Å². The van der Waals surface area contributed by atoms with Crippen LogP contribution in [-0.4, -0.2) is 9.97 Å². The van der Waals surface area contributed by atoms with Crippen molar-refractivity contribution >= 4 is 32.3 Å². The topological polar surface area (TPSA) is 65.7 Å². The maximum Gasteiger partial charge on any atom is 0.326 e. The highest BCUT2D eigenvalue weighted by Gasteiger charge is 2.09. The molecule has 0 amide bonds. The summed E-state index contributed by atoms with van der Waals surface area (Å²) < 4.78 is 0. The van der Waals surface area contributed by atoms with Crippen LogP contribution >= 0.6 is 11.3 Å². The van der Waals surface area contributed by atoms with Crippen molar-refractivity contribution in [1.82, 2.24) is 9.97 Å². The van der Waals surface area contributed by atoms with Gasteiger partial charge in [0.25, 0.3) is 5.56 Å². The average Bonchev–Trinajstić information content (AvgIpc) is 2.90. The van der Waals surface area contributed by atoms with E-state index in [-0.39, 0.29) is 5.56 Å². The summed E-state index contributed by atoms with van der Waals surface area (Å²) in [5.41, 5.74) is 0.415. The molecule has 2 N–H and O–H groups in total. The second-order valence-electron chi connectivity index (χ2n) is 5.18. The number of aromatic amines is 2. The average molecular weight is 308 g/mol. The molecule has 4 nitrogen and oxygen atoms in total. The summed E-state index contributed by atoms with van der Waals surface area (Å²) in [5.74, 6) is 0. The van der Waals surface area contributed by atoms with Gasteiger partial charge in [-0.3, -0.25) is 14.8 Å². The number of H-pyrrole nitrogens is 2. The van der Waals surface area contributed by atoms with E-state index in [1.807, 2.05) is 24.3 Å². The molecule has 0 saturated heterocycles. The Bertz CT molecular complexity index is 1100. The summed E-state index contributed by atoms with van der Waals surface area (Å²) in [7, 11) is 0. The predicted octanol–water partition coefficient (Wildman–Crippen LogP) is 3.02. The first kappa shape index (κ1) is 13.0. The molecule has 0 radical (unpaired) electrons. The molecule has 0 aliphatic heterocycles. The molecule has 0 unspecified atom stereocenters. The third-order valence-corrected chi connectivity index (χ3v) is 4.78. The Hall–Kier alpha value is -2.66. The van der Waals surface area contributed by atoms with Gasteiger partial charge in [-0.1, -0.05) is 42.5 Å². The summed E-state index contributed by atoms with van der Waals surface area (Å²) in [4.78, 5) is 29.8. The van der Waals surface area contributed by atoms with Crippen LogP contribution in [0, 0.1) is 0 Å². The van der Waals surface area contributed by atoms with Gasteiger partial charge in [0, 0.05) is 11.3 Å². The van der Waals surface area contributed by atoms with Crippen molar-refractivity contribution < 1.29 is 0 Å². The van der Waals surface area contributed by atoms with Gasteiger partial charge in [0.1, 0.15) is 4.83 Å². The molecule has 108 valence electrons. The summed E-state index contributed by atoms with van der Waals surface area (Å²) >= 11 is 1.45. The van der Waals surface area contributed by atoms with Crippen molar-refractivity contribution in [3.05, 3.63) is 79.8 Å². The standard InChI is InChI=1S/C17H12N2O2S/c20-15-14-9-12(22-16(14)19-17(21)18-15)8-11-6-3-5-10-4-1-2-7-13(10)11/h1-7,9H,8H2,(H2,18,19,20,21). The first-order chi connectivity index (χ1) is 10.7. The number of rotatable bonds is 2. The lowest BCUT2D eigenvalue weighted by atomic mass is 10.0. The van der Waals surface area contributed by atoms with E-state index in [4.69, 9.17) is 0 Å². The first-order valence-electron chi connectivity index (χ1n) is 6.92. The van der Waals surface area contributed by atoms with Gasteiger partial charge >= 0.3 is 5.69 Å². The molecule has 0 aliphatic rings. The first-order valence-corrected chi connectivity index (χ1v) is 7.74. The lowest BCUT2D eigenvalue weighted by molar-refractivity contribution is 1.09. The zero-order chi connectivity index (χ0) is 15.1. The van der Waals surface area contributed by atoms with Crippen LogP contribution in [0.1, 0.15) is 10.4 Å². The predicted molar refractivity (Wildman–Crippen MR) is 89.8 cm³/mol. The third kappa shape index (κ3) is 2.16.